The molecular weight excluding hydrogens is 364 g/mol. The second-order valence-corrected chi connectivity index (χ2v) is 7.50. The summed E-state index contributed by atoms with van der Waals surface area (Å²) in [6, 6.07) is 16.6. The number of nitrogens with one attached hydrogen (secondary N) is 1. The summed E-state index contributed by atoms with van der Waals surface area (Å²) < 4.78 is 0. The topological polar surface area (TPSA) is 76.4 Å². The molecule has 1 heterocycles. The minimum atomic E-state index is -0.350. The van der Waals surface area contributed by atoms with Crippen LogP contribution in [0.5, 0.6) is 0 Å². The summed E-state index contributed by atoms with van der Waals surface area (Å²) in [6.07, 6.45) is 2.37. The number of rotatable bonds is 5. The van der Waals surface area contributed by atoms with E-state index in [0.29, 0.717) is 16.9 Å². The smallest absolute Gasteiger partial charge is 0.244 e. The molecule has 0 saturated carbocycles. The Bertz CT molecular complexity index is 909. The maximum absolute atomic E-state index is 12.5. The highest BCUT2D eigenvalue weighted by Crippen LogP contribution is 2.25. The first-order chi connectivity index (χ1) is 14.0. The third kappa shape index (κ3) is 5.14. The van der Waals surface area contributed by atoms with E-state index in [1.807, 2.05) is 30.3 Å². The summed E-state index contributed by atoms with van der Waals surface area (Å²) in [6.45, 7) is 5.69. The molecule has 0 atom stereocenters. The Morgan fingerprint density at radius 1 is 1.14 bits per heavy atom. The lowest BCUT2D eigenvalue weighted by Gasteiger charge is -2.32. The fourth-order valence-electron chi connectivity index (χ4n) is 3.52. The highest BCUT2D eigenvalue weighted by Gasteiger charge is 2.19. The van der Waals surface area contributed by atoms with Crippen molar-refractivity contribution in [1.82, 2.24) is 0 Å². The third-order valence-corrected chi connectivity index (χ3v) is 5.31. The van der Waals surface area contributed by atoms with Crippen molar-refractivity contribution in [3.05, 3.63) is 54.1 Å². The minimum absolute atomic E-state index is 0.115. The summed E-state index contributed by atoms with van der Waals surface area (Å²) in [7, 11) is 0. The van der Waals surface area contributed by atoms with E-state index in [1.54, 1.807) is 24.3 Å². The van der Waals surface area contributed by atoms with Gasteiger partial charge in [0.15, 0.2) is 0 Å². The zero-order valence-corrected chi connectivity index (χ0v) is 16.9. The molecule has 1 saturated heterocycles. The first-order valence-electron chi connectivity index (χ1n) is 9.90. The Labute approximate surface area is 171 Å². The molecule has 3 rings (SSSR count). The molecule has 6 nitrogen and oxygen atoms in total. The van der Waals surface area contributed by atoms with Crippen LogP contribution in [0.25, 0.3) is 0 Å². The van der Waals surface area contributed by atoms with Crippen LogP contribution >= 0.6 is 0 Å². The van der Waals surface area contributed by atoms with Crippen molar-refractivity contribution < 1.29 is 9.59 Å². The molecule has 2 aromatic carbocycles. The molecule has 6 heteroatoms. The molecule has 2 amide bonds. The Kier molecular flexibility index (Phi) is 6.50. The SMILES string of the molecule is CC(=O)N(CC(=O)Nc1ccccc1C#N)c1ccc(N2CCC(C)CC2)cc1. The first kappa shape index (κ1) is 20.4. The number of nitrogens with zero attached hydrogens (tertiary/aromatic N) is 3. The van der Waals surface area contributed by atoms with Gasteiger partial charge in [0.25, 0.3) is 0 Å². The molecule has 150 valence electrons. The van der Waals surface area contributed by atoms with E-state index in [-0.39, 0.29) is 18.4 Å². The van der Waals surface area contributed by atoms with Crippen LogP contribution in [0.15, 0.2) is 48.5 Å². The highest BCUT2D eigenvalue weighted by molar-refractivity contribution is 6.02. The molecule has 0 aromatic heterocycles. The van der Waals surface area contributed by atoms with Crippen molar-refractivity contribution >= 4 is 28.9 Å². The summed E-state index contributed by atoms with van der Waals surface area (Å²) in [5.41, 5.74) is 2.64. The molecule has 1 aliphatic heterocycles. The molecular formula is C23H26N4O2. The average Bonchev–Trinajstić information content (AvgIpc) is 2.73. The fourth-order valence-corrected chi connectivity index (χ4v) is 3.52. The van der Waals surface area contributed by atoms with E-state index < -0.39 is 0 Å². The normalized spacial score (nSPS) is 14.2. The molecule has 0 unspecified atom stereocenters. The van der Waals surface area contributed by atoms with Gasteiger partial charge in [-0.1, -0.05) is 19.1 Å². The average molecular weight is 390 g/mol. The Balaban J connectivity index is 1.68. The van der Waals surface area contributed by atoms with Crippen LogP contribution in [0.1, 0.15) is 32.3 Å². The maximum atomic E-state index is 12.5. The van der Waals surface area contributed by atoms with Gasteiger partial charge in [0, 0.05) is 31.4 Å². The third-order valence-electron chi connectivity index (χ3n) is 5.31. The summed E-state index contributed by atoms with van der Waals surface area (Å²) >= 11 is 0. The Morgan fingerprint density at radius 2 is 1.79 bits per heavy atom. The van der Waals surface area contributed by atoms with Gasteiger partial charge < -0.3 is 15.1 Å². The van der Waals surface area contributed by atoms with Crippen molar-refractivity contribution in [3.8, 4) is 6.07 Å². The van der Waals surface area contributed by atoms with Gasteiger partial charge in [-0.05, 0) is 55.2 Å². The number of carbonyl (C=O) groups is 2. The van der Waals surface area contributed by atoms with Crippen LogP contribution in [-0.4, -0.2) is 31.4 Å². The monoisotopic (exact) mass is 390 g/mol. The predicted molar refractivity (Wildman–Crippen MR) is 115 cm³/mol. The van der Waals surface area contributed by atoms with E-state index in [4.69, 9.17) is 5.26 Å². The second kappa shape index (κ2) is 9.24. The lowest BCUT2D eigenvalue weighted by molar-refractivity contribution is -0.120. The van der Waals surface area contributed by atoms with E-state index in [2.05, 4.69) is 17.1 Å². The van der Waals surface area contributed by atoms with Gasteiger partial charge in [-0.25, -0.2) is 0 Å². The number of carbonyl (C=O) groups excluding carboxylic acids is 2. The first-order valence-corrected chi connectivity index (χ1v) is 9.90. The second-order valence-electron chi connectivity index (χ2n) is 7.50. The summed E-state index contributed by atoms with van der Waals surface area (Å²) in [4.78, 5) is 28.4. The number of para-hydroxylation sites is 1. The van der Waals surface area contributed by atoms with Crippen LogP contribution in [0.2, 0.25) is 0 Å². The lowest BCUT2D eigenvalue weighted by atomic mass is 9.99. The van der Waals surface area contributed by atoms with Crippen molar-refractivity contribution in [2.45, 2.75) is 26.7 Å². The molecule has 0 bridgehead atoms. The molecule has 2 aromatic rings. The highest BCUT2D eigenvalue weighted by atomic mass is 16.2. The van der Waals surface area contributed by atoms with Crippen LogP contribution < -0.4 is 15.1 Å². The molecule has 29 heavy (non-hydrogen) atoms. The molecule has 1 fully saturated rings. The fraction of sp³-hybridized carbons (Fsp3) is 0.348. The quantitative estimate of drug-likeness (QED) is 0.843. The van der Waals surface area contributed by atoms with Crippen molar-refractivity contribution in [2.75, 3.05) is 34.8 Å². The Morgan fingerprint density at radius 3 is 2.41 bits per heavy atom. The van der Waals surface area contributed by atoms with Gasteiger partial charge in [-0.15, -0.1) is 0 Å². The van der Waals surface area contributed by atoms with Crippen LogP contribution in [-0.2, 0) is 9.59 Å². The number of anilines is 3. The lowest BCUT2D eigenvalue weighted by Crippen LogP contribution is -2.37. The number of piperidine rings is 1. The molecule has 0 spiro atoms. The predicted octanol–water partition coefficient (Wildman–Crippen LogP) is 3.79. The van der Waals surface area contributed by atoms with E-state index in [0.717, 1.165) is 24.7 Å². The molecule has 1 aliphatic rings. The maximum Gasteiger partial charge on any atom is 0.244 e. The number of hydrogen-bond donors (Lipinski definition) is 1. The van der Waals surface area contributed by atoms with Crippen LogP contribution in [0, 0.1) is 17.2 Å². The van der Waals surface area contributed by atoms with Gasteiger partial charge >= 0.3 is 0 Å². The van der Waals surface area contributed by atoms with E-state index in [1.165, 1.54) is 24.7 Å². The number of amides is 2. The Hall–Kier alpha value is -3.33. The standard InChI is InChI=1S/C23H26N4O2/c1-17-11-13-26(14-12-17)20-7-9-21(10-8-20)27(18(2)28)16-23(29)25-22-6-4-3-5-19(22)15-24/h3-10,17H,11-14,16H2,1-2H3,(H,25,29). The van der Waals surface area contributed by atoms with E-state index >= 15 is 0 Å². The molecule has 0 aliphatic carbocycles. The van der Waals surface area contributed by atoms with Gasteiger partial charge in [-0.3, -0.25) is 9.59 Å². The van der Waals surface area contributed by atoms with Crippen LogP contribution in [0.4, 0.5) is 17.1 Å². The molecule has 1 N–H and O–H groups in total. The largest absolute Gasteiger partial charge is 0.372 e. The van der Waals surface area contributed by atoms with Gasteiger partial charge in [0.1, 0.15) is 12.6 Å². The van der Waals surface area contributed by atoms with Gasteiger partial charge in [0.05, 0.1) is 11.3 Å². The number of benzene rings is 2. The van der Waals surface area contributed by atoms with Crippen LogP contribution in [0.3, 0.4) is 0 Å². The van der Waals surface area contributed by atoms with Crippen molar-refractivity contribution in [1.29, 1.82) is 5.26 Å². The van der Waals surface area contributed by atoms with Gasteiger partial charge in [0.2, 0.25) is 11.8 Å². The molecule has 0 radical (unpaired) electrons. The number of hydrogen-bond acceptors (Lipinski definition) is 4. The van der Waals surface area contributed by atoms with Crippen molar-refractivity contribution in [3.63, 3.8) is 0 Å². The zero-order valence-electron chi connectivity index (χ0n) is 16.9. The zero-order chi connectivity index (χ0) is 20.8. The number of nitriles is 1. The van der Waals surface area contributed by atoms with Gasteiger partial charge in [-0.2, -0.15) is 5.26 Å². The van der Waals surface area contributed by atoms with E-state index in [9.17, 15) is 9.59 Å². The van der Waals surface area contributed by atoms with Crippen molar-refractivity contribution in [2.24, 2.45) is 5.92 Å². The summed E-state index contributed by atoms with van der Waals surface area (Å²) in [5.74, 6) is 0.202. The minimum Gasteiger partial charge on any atom is -0.372 e. The summed E-state index contributed by atoms with van der Waals surface area (Å²) in [5, 5.41) is 11.9.